The summed E-state index contributed by atoms with van der Waals surface area (Å²) in [7, 11) is 0. The molecule has 0 fully saturated rings. The number of nitro benzene ring substituents is 1. The van der Waals surface area contributed by atoms with Crippen molar-refractivity contribution < 1.29 is 9.72 Å². The maximum atomic E-state index is 11.6. The highest BCUT2D eigenvalue weighted by Gasteiger charge is 2.24. The Balaban J connectivity index is 1.50. The molecule has 11 nitrogen and oxygen atoms in total. The monoisotopic (exact) mass is 440 g/mol. The molecule has 32 heavy (non-hydrogen) atoms. The molecule has 1 amide bonds. The number of H-pyrrole nitrogens is 1. The Hall–Kier alpha value is -3.76. The molecule has 0 saturated carbocycles. The van der Waals surface area contributed by atoms with Crippen molar-refractivity contribution in [2.24, 2.45) is 21.7 Å². The maximum Gasteiger partial charge on any atom is 0.273 e. The van der Waals surface area contributed by atoms with Crippen molar-refractivity contribution in [3.63, 3.8) is 0 Å². The Morgan fingerprint density at radius 3 is 2.94 bits per heavy atom. The van der Waals surface area contributed by atoms with Crippen LogP contribution in [0.1, 0.15) is 43.0 Å². The van der Waals surface area contributed by atoms with Crippen LogP contribution in [0.4, 0.5) is 5.69 Å². The van der Waals surface area contributed by atoms with Gasteiger partial charge in [-0.3, -0.25) is 19.9 Å². The van der Waals surface area contributed by atoms with Crippen molar-refractivity contribution in [1.82, 2.24) is 20.7 Å². The fourth-order valence-electron chi connectivity index (χ4n) is 3.55. The van der Waals surface area contributed by atoms with Gasteiger partial charge in [-0.1, -0.05) is 19.1 Å². The van der Waals surface area contributed by atoms with Crippen LogP contribution in [0.15, 0.2) is 40.8 Å². The average Bonchev–Trinajstić information content (AvgIpc) is 3.28. The van der Waals surface area contributed by atoms with Gasteiger partial charge in [-0.05, 0) is 25.7 Å². The van der Waals surface area contributed by atoms with E-state index in [1.165, 1.54) is 6.07 Å². The molecule has 0 aliphatic carbocycles. The number of hydrogen-bond acceptors (Lipinski definition) is 6. The van der Waals surface area contributed by atoms with E-state index in [0.717, 1.165) is 18.5 Å². The number of aliphatic imine (C=N–C) groups is 1. The van der Waals surface area contributed by atoms with Crippen LogP contribution in [0.5, 0.6) is 0 Å². The number of aromatic amines is 1. The molecule has 3 rings (SSSR count). The Labute approximate surface area is 185 Å². The lowest BCUT2D eigenvalue weighted by Crippen LogP contribution is -2.32. The van der Waals surface area contributed by atoms with Crippen LogP contribution in [-0.2, 0) is 17.6 Å². The number of carbonyl (C=O) groups is 1. The molecule has 1 aromatic heterocycles. The minimum absolute atomic E-state index is 0.0446. The number of aromatic nitrogens is 2. The number of aryl methyl sites for hydroxylation is 2. The van der Waals surface area contributed by atoms with Gasteiger partial charge in [-0.2, -0.15) is 5.10 Å². The van der Waals surface area contributed by atoms with Crippen LogP contribution in [0.2, 0.25) is 0 Å². The number of hydrazone groups is 1. The Morgan fingerprint density at radius 2 is 2.22 bits per heavy atom. The fourth-order valence-corrected chi connectivity index (χ4v) is 3.55. The normalized spacial score (nSPS) is 16.4. The molecule has 1 aromatic carbocycles. The van der Waals surface area contributed by atoms with Crippen LogP contribution in [0.25, 0.3) is 0 Å². The summed E-state index contributed by atoms with van der Waals surface area (Å²) in [5, 5.41) is 18.7. The summed E-state index contributed by atoms with van der Waals surface area (Å²) in [6, 6.07) is 5.09. The molecule has 11 heteroatoms. The zero-order valence-corrected chi connectivity index (χ0v) is 18.0. The summed E-state index contributed by atoms with van der Waals surface area (Å²) >= 11 is 0. The second kappa shape index (κ2) is 11.0. The van der Waals surface area contributed by atoms with E-state index in [1.54, 1.807) is 18.6 Å². The first kappa shape index (κ1) is 22.9. The molecular weight excluding hydrogens is 412 g/mol. The number of nitro groups is 1. The molecule has 5 N–H and O–H groups in total. The lowest BCUT2D eigenvalue weighted by Gasteiger charge is -2.19. The van der Waals surface area contributed by atoms with Crippen molar-refractivity contribution in [2.75, 3.05) is 13.1 Å². The first-order valence-corrected chi connectivity index (χ1v) is 10.6. The largest absolute Gasteiger partial charge is 0.370 e. The molecular formula is C21H28N8O3. The zero-order chi connectivity index (χ0) is 22.9. The van der Waals surface area contributed by atoms with Crippen molar-refractivity contribution in [3.8, 4) is 0 Å². The molecule has 1 aliphatic heterocycles. The molecule has 1 unspecified atom stereocenters. The Bertz CT molecular complexity index is 1000. The SMILES string of the molecule is CC1CC(=O)NN=C1c1ccc(CCCN=C(N)NCCCc2cnc[nH]2)c([N+](=O)[O-])c1. The maximum absolute atomic E-state index is 11.6. The van der Waals surface area contributed by atoms with Crippen LogP contribution in [0, 0.1) is 16.0 Å². The van der Waals surface area contributed by atoms with E-state index >= 15 is 0 Å². The number of nitrogens with zero attached hydrogens (tertiary/aromatic N) is 4. The third-order valence-electron chi connectivity index (χ3n) is 5.21. The first-order valence-electron chi connectivity index (χ1n) is 10.6. The predicted molar refractivity (Wildman–Crippen MR) is 121 cm³/mol. The van der Waals surface area contributed by atoms with E-state index in [9.17, 15) is 14.9 Å². The lowest BCUT2D eigenvalue weighted by molar-refractivity contribution is -0.385. The van der Waals surface area contributed by atoms with Gasteiger partial charge in [0, 0.05) is 54.5 Å². The molecule has 2 heterocycles. The lowest BCUT2D eigenvalue weighted by atomic mass is 9.92. The zero-order valence-electron chi connectivity index (χ0n) is 18.0. The van der Waals surface area contributed by atoms with E-state index in [1.807, 2.05) is 13.0 Å². The summed E-state index contributed by atoms with van der Waals surface area (Å²) in [5.41, 5.74) is 11.4. The summed E-state index contributed by atoms with van der Waals surface area (Å²) in [5.74, 6) is 0.115. The van der Waals surface area contributed by atoms with Crippen LogP contribution < -0.4 is 16.5 Å². The number of amides is 1. The summed E-state index contributed by atoms with van der Waals surface area (Å²) in [6.45, 7) is 3.04. The molecule has 1 aliphatic rings. The smallest absolute Gasteiger partial charge is 0.273 e. The van der Waals surface area contributed by atoms with Gasteiger partial charge in [-0.15, -0.1) is 0 Å². The summed E-state index contributed by atoms with van der Waals surface area (Å²) in [4.78, 5) is 34.0. The average molecular weight is 441 g/mol. The number of guanidine groups is 1. The minimum atomic E-state index is -0.385. The molecule has 170 valence electrons. The van der Waals surface area contributed by atoms with Crippen LogP contribution >= 0.6 is 0 Å². The van der Waals surface area contributed by atoms with Crippen molar-refractivity contribution >= 4 is 23.3 Å². The highest BCUT2D eigenvalue weighted by atomic mass is 16.6. The van der Waals surface area contributed by atoms with Gasteiger partial charge in [0.15, 0.2) is 5.96 Å². The highest BCUT2D eigenvalue weighted by Crippen LogP contribution is 2.25. The standard InChI is InChI=1S/C21H28N8O3/c1-14-10-19(30)27-28-20(14)16-7-6-15(18(11-16)29(31)32)4-2-8-24-21(22)25-9-3-5-17-12-23-13-26-17/h6-7,11-14H,2-5,8-10H2,1H3,(H,23,26)(H,27,30)(H3,22,24,25). The second-order valence-electron chi connectivity index (χ2n) is 7.72. The number of carbonyl (C=O) groups excluding carboxylic acids is 1. The number of nitrogens with one attached hydrogen (secondary N) is 3. The third-order valence-corrected chi connectivity index (χ3v) is 5.21. The number of imidazole rings is 1. The molecule has 0 spiro atoms. The molecule has 2 aromatic rings. The fraction of sp³-hybridized carbons (Fsp3) is 0.429. The number of hydrogen-bond donors (Lipinski definition) is 4. The van der Waals surface area contributed by atoms with Gasteiger partial charge in [0.05, 0.1) is 17.0 Å². The van der Waals surface area contributed by atoms with Gasteiger partial charge in [0.1, 0.15) is 0 Å². The van der Waals surface area contributed by atoms with Crippen LogP contribution in [-0.4, -0.2) is 45.6 Å². The first-order chi connectivity index (χ1) is 15.4. The highest BCUT2D eigenvalue weighted by molar-refractivity contribution is 6.06. The van der Waals surface area contributed by atoms with E-state index in [-0.39, 0.29) is 22.4 Å². The van der Waals surface area contributed by atoms with E-state index in [4.69, 9.17) is 5.73 Å². The molecule has 0 radical (unpaired) electrons. The van der Waals surface area contributed by atoms with Crippen molar-refractivity contribution in [3.05, 3.63) is 57.7 Å². The summed E-state index contributed by atoms with van der Waals surface area (Å²) < 4.78 is 0. The quantitative estimate of drug-likeness (QED) is 0.144. The van der Waals surface area contributed by atoms with Gasteiger partial charge in [0.25, 0.3) is 5.69 Å². The number of benzene rings is 1. The third kappa shape index (κ3) is 6.37. The topological polar surface area (TPSA) is 164 Å². The van der Waals surface area contributed by atoms with Gasteiger partial charge in [0.2, 0.25) is 5.91 Å². The Kier molecular flexibility index (Phi) is 7.90. The summed E-state index contributed by atoms with van der Waals surface area (Å²) in [6.07, 6.45) is 6.66. The van der Waals surface area contributed by atoms with E-state index in [0.29, 0.717) is 55.2 Å². The Morgan fingerprint density at radius 1 is 1.38 bits per heavy atom. The van der Waals surface area contributed by atoms with E-state index in [2.05, 4.69) is 30.8 Å². The van der Waals surface area contributed by atoms with Crippen molar-refractivity contribution in [2.45, 2.75) is 39.0 Å². The number of rotatable bonds is 10. The number of nitrogens with two attached hydrogens (primary N) is 1. The molecule has 1 atom stereocenters. The van der Waals surface area contributed by atoms with Crippen molar-refractivity contribution in [1.29, 1.82) is 0 Å². The molecule has 0 bridgehead atoms. The van der Waals surface area contributed by atoms with Gasteiger partial charge in [-0.25, -0.2) is 10.4 Å². The van der Waals surface area contributed by atoms with Crippen LogP contribution in [0.3, 0.4) is 0 Å². The molecule has 0 saturated heterocycles. The van der Waals surface area contributed by atoms with Gasteiger partial charge < -0.3 is 16.0 Å². The predicted octanol–water partition coefficient (Wildman–Crippen LogP) is 1.65. The van der Waals surface area contributed by atoms with Gasteiger partial charge >= 0.3 is 0 Å². The second-order valence-corrected chi connectivity index (χ2v) is 7.72. The minimum Gasteiger partial charge on any atom is -0.370 e. The van der Waals surface area contributed by atoms with E-state index < -0.39 is 0 Å².